The molecular weight excluding hydrogens is 426 g/mol. The van der Waals surface area contributed by atoms with E-state index >= 15 is 0 Å². The summed E-state index contributed by atoms with van der Waals surface area (Å²) in [6.45, 7) is 5.29. The van der Waals surface area contributed by atoms with Crippen LogP contribution in [-0.4, -0.2) is 21.2 Å². The van der Waals surface area contributed by atoms with E-state index in [2.05, 4.69) is 21.2 Å². The Hall–Kier alpha value is -2.61. The van der Waals surface area contributed by atoms with Crippen LogP contribution in [0.4, 0.5) is 5.82 Å². The Labute approximate surface area is 170 Å². The molecule has 1 N–H and O–H groups in total. The van der Waals surface area contributed by atoms with Gasteiger partial charge in [-0.1, -0.05) is 28.1 Å². The molecule has 0 bridgehead atoms. The number of aromatic nitrogens is 2. The van der Waals surface area contributed by atoms with Crippen LogP contribution < -0.4 is 16.6 Å². The highest BCUT2D eigenvalue weighted by Crippen LogP contribution is 2.40. The third-order valence-electron chi connectivity index (χ3n) is 4.75. The maximum absolute atomic E-state index is 13.1. The standard InChI is InChI=1S/C20H22BrN3O4/c1-10(2)28-19(26)14-11(3)22-17-16(18(25)24(5)20(27)23(17)4)15(14)12-6-8-13(21)9-7-12/h6-10,15,22H,1-5H3. The van der Waals surface area contributed by atoms with Gasteiger partial charge in [-0.25, -0.2) is 9.59 Å². The molecule has 1 aliphatic heterocycles. The van der Waals surface area contributed by atoms with Crippen molar-refractivity contribution < 1.29 is 9.53 Å². The fourth-order valence-electron chi connectivity index (χ4n) is 3.42. The molecule has 8 heteroatoms. The first-order valence-electron chi connectivity index (χ1n) is 8.87. The molecule has 148 valence electrons. The second-order valence-corrected chi connectivity index (χ2v) is 7.99. The molecule has 1 atom stereocenters. The zero-order valence-electron chi connectivity index (χ0n) is 16.4. The smallest absolute Gasteiger partial charge is 0.337 e. The Kier molecular flexibility index (Phi) is 5.34. The largest absolute Gasteiger partial charge is 0.460 e. The summed E-state index contributed by atoms with van der Waals surface area (Å²) in [4.78, 5) is 38.4. The number of fused-ring (bicyclic) bond motifs is 1. The third kappa shape index (κ3) is 3.32. The van der Waals surface area contributed by atoms with Gasteiger partial charge in [-0.05, 0) is 38.5 Å². The number of benzene rings is 1. The van der Waals surface area contributed by atoms with E-state index in [4.69, 9.17) is 4.74 Å². The first kappa shape index (κ1) is 20.1. The van der Waals surface area contributed by atoms with E-state index in [1.54, 1.807) is 27.8 Å². The minimum absolute atomic E-state index is 0.303. The van der Waals surface area contributed by atoms with Gasteiger partial charge < -0.3 is 10.1 Å². The van der Waals surface area contributed by atoms with Crippen molar-refractivity contribution in [3.63, 3.8) is 0 Å². The van der Waals surface area contributed by atoms with E-state index in [-0.39, 0.29) is 6.10 Å². The number of anilines is 1. The van der Waals surface area contributed by atoms with Crippen molar-refractivity contribution in [2.24, 2.45) is 14.1 Å². The van der Waals surface area contributed by atoms with E-state index in [9.17, 15) is 14.4 Å². The fourth-order valence-corrected chi connectivity index (χ4v) is 3.69. The number of nitrogens with one attached hydrogen (secondary N) is 1. The number of rotatable bonds is 3. The van der Waals surface area contributed by atoms with E-state index in [0.29, 0.717) is 22.7 Å². The number of hydrogen-bond donors (Lipinski definition) is 1. The molecule has 1 aromatic heterocycles. The van der Waals surface area contributed by atoms with Crippen LogP contribution in [0.25, 0.3) is 0 Å². The lowest BCUT2D eigenvalue weighted by molar-refractivity contribution is -0.143. The molecule has 3 rings (SSSR count). The Morgan fingerprint density at radius 3 is 2.32 bits per heavy atom. The normalized spacial score (nSPS) is 16.0. The number of halogens is 1. The molecule has 1 aromatic carbocycles. The lowest BCUT2D eigenvalue weighted by Gasteiger charge is -2.31. The highest BCUT2D eigenvalue weighted by Gasteiger charge is 2.37. The molecule has 7 nitrogen and oxygen atoms in total. The summed E-state index contributed by atoms with van der Waals surface area (Å²) in [6.07, 6.45) is -0.303. The van der Waals surface area contributed by atoms with Crippen LogP contribution in [-0.2, 0) is 23.6 Å². The summed E-state index contributed by atoms with van der Waals surface area (Å²) in [5.74, 6) is -0.754. The molecular formula is C20H22BrN3O4. The molecule has 1 unspecified atom stereocenters. The van der Waals surface area contributed by atoms with Gasteiger partial charge in [0.2, 0.25) is 0 Å². The van der Waals surface area contributed by atoms with Crippen LogP contribution >= 0.6 is 15.9 Å². The molecule has 0 spiro atoms. The molecule has 2 heterocycles. The number of ether oxygens (including phenoxy) is 1. The highest BCUT2D eigenvalue weighted by molar-refractivity contribution is 9.10. The number of carbonyl (C=O) groups excluding carboxylic acids is 1. The van der Waals surface area contributed by atoms with Crippen molar-refractivity contribution in [2.75, 3.05) is 5.32 Å². The summed E-state index contributed by atoms with van der Waals surface area (Å²) in [5, 5.41) is 3.07. The van der Waals surface area contributed by atoms with Crippen LogP contribution in [0.5, 0.6) is 0 Å². The number of esters is 1. The van der Waals surface area contributed by atoms with Gasteiger partial charge in [-0.15, -0.1) is 0 Å². The van der Waals surface area contributed by atoms with Gasteiger partial charge in [0, 0.05) is 24.3 Å². The zero-order valence-corrected chi connectivity index (χ0v) is 18.0. The second kappa shape index (κ2) is 7.43. The Morgan fingerprint density at radius 2 is 1.75 bits per heavy atom. The maximum atomic E-state index is 13.1. The molecule has 28 heavy (non-hydrogen) atoms. The van der Waals surface area contributed by atoms with Crippen molar-refractivity contribution in [2.45, 2.75) is 32.8 Å². The molecule has 0 fully saturated rings. The summed E-state index contributed by atoms with van der Waals surface area (Å²) < 4.78 is 8.77. The summed E-state index contributed by atoms with van der Waals surface area (Å²) in [7, 11) is 3.03. The number of hydrogen-bond acceptors (Lipinski definition) is 5. The SMILES string of the molecule is CC1=C(C(=O)OC(C)C)C(c2ccc(Br)cc2)c2c(n(C)c(=O)n(C)c2=O)N1. The molecule has 0 radical (unpaired) electrons. The topological polar surface area (TPSA) is 82.3 Å². The molecule has 0 amide bonds. The van der Waals surface area contributed by atoms with Crippen molar-refractivity contribution in [1.29, 1.82) is 0 Å². The number of allylic oxidation sites excluding steroid dienone is 1. The minimum atomic E-state index is -0.652. The van der Waals surface area contributed by atoms with Crippen molar-refractivity contribution in [3.8, 4) is 0 Å². The molecule has 0 saturated heterocycles. The molecule has 1 aliphatic rings. The second-order valence-electron chi connectivity index (χ2n) is 7.07. The minimum Gasteiger partial charge on any atom is -0.460 e. The molecule has 0 saturated carbocycles. The monoisotopic (exact) mass is 447 g/mol. The average Bonchev–Trinajstić information content (AvgIpc) is 2.63. The van der Waals surface area contributed by atoms with Crippen LogP contribution in [0.2, 0.25) is 0 Å². The Bertz CT molecular complexity index is 1090. The van der Waals surface area contributed by atoms with E-state index in [1.165, 1.54) is 11.6 Å². The predicted molar refractivity (Wildman–Crippen MR) is 110 cm³/mol. The van der Waals surface area contributed by atoms with Crippen molar-refractivity contribution in [1.82, 2.24) is 9.13 Å². The molecule has 0 aliphatic carbocycles. The van der Waals surface area contributed by atoms with Crippen LogP contribution in [0.3, 0.4) is 0 Å². The van der Waals surface area contributed by atoms with Gasteiger partial charge in [-0.3, -0.25) is 13.9 Å². The fraction of sp³-hybridized carbons (Fsp3) is 0.350. The summed E-state index contributed by atoms with van der Waals surface area (Å²) in [5.41, 5.74) is 1.13. The summed E-state index contributed by atoms with van der Waals surface area (Å²) >= 11 is 3.41. The third-order valence-corrected chi connectivity index (χ3v) is 5.28. The van der Waals surface area contributed by atoms with Gasteiger partial charge in [-0.2, -0.15) is 0 Å². The number of nitrogens with zero attached hydrogens (tertiary/aromatic N) is 2. The summed E-state index contributed by atoms with van der Waals surface area (Å²) in [6, 6.07) is 7.41. The Morgan fingerprint density at radius 1 is 1.14 bits per heavy atom. The number of carbonyl (C=O) groups is 1. The van der Waals surface area contributed by atoms with Crippen LogP contribution in [0, 0.1) is 0 Å². The van der Waals surface area contributed by atoms with Gasteiger partial charge in [0.25, 0.3) is 5.56 Å². The van der Waals surface area contributed by atoms with Crippen molar-refractivity contribution in [3.05, 3.63) is 72.0 Å². The van der Waals surface area contributed by atoms with Gasteiger partial charge >= 0.3 is 11.7 Å². The Balaban J connectivity index is 2.35. The maximum Gasteiger partial charge on any atom is 0.337 e. The average molecular weight is 448 g/mol. The van der Waals surface area contributed by atoms with E-state index in [1.807, 2.05) is 24.3 Å². The first-order valence-corrected chi connectivity index (χ1v) is 9.67. The van der Waals surface area contributed by atoms with Gasteiger partial charge in [0.05, 0.1) is 23.2 Å². The predicted octanol–water partition coefficient (Wildman–Crippen LogP) is 2.63. The van der Waals surface area contributed by atoms with Gasteiger partial charge in [0.15, 0.2) is 0 Å². The van der Waals surface area contributed by atoms with Crippen molar-refractivity contribution >= 4 is 27.7 Å². The van der Waals surface area contributed by atoms with E-state index < -0.39 is 23.1 Å². The lowest BCUT2D eigenvalue weighted by atomic mass is 9.82. The van der Waals surface area contributed by atoms with Crippen LogP contribution in [0.15, 0.2) is 49.6 Å². The van der Waals surface area contributed by atoms with Gasteiger partial charge in [0.1, 0.15) is 5.82 Å². The quantitative estimate of drug-likeness (QED) is 0.731. The van der Waals surface area contributed by atoms with E-state index in [0.717, 1.165) is 14.6 Å². The van der Waals surface area contributed by atoms with Crippen LogP contribution in [0.1, 0.15) is 37.8 Å². The molecule has 2 aromatic rings. The lowest BCUT2D eigenvalue weighted by Crippen LogP contribution is -2.43. The highest BCUT2D eigenvalue weighted by atomic mass is 79.9. The zero-order chi connectivity index (χ0) is 20.7. The first-order chi connectivity index (χ1) is 13.1.